The fourth-order valence-electron chi connectivity index (χ4n) is 2.64. The van der Waals surface area contributed by atoms with Crippen molar-refractivity contribution in [3.8, 4) is 0 Å². The van der Waals surface area contributed by atoms with Crippen LogP contribution in [-0.2, 0) is 0 Å². The summed E-state index contributed by atoms with van der Waals surface area (Å²) in [5.41, 5.74) is 0. The van der Waals surface area contributed by atoms with Crippen molar-refractivity contribution in [2.45, 2.75) is 79.1 Å². The van der Waals surface area contributed by atoms with Gasteiger partial charge in [-0.25, -0.2) is 0 Å². The molecule has 1 N–H and O–H groups in total. The van der Waals surface area contributed by atoms with E-state index in [1.54, 1.807) is 0 Å². The van der Waals surface area contributed by atoms with Crippen molar-refractivity contribution in [1.29, 1.82) is 0 Å². The molecule has 1 unspecified atom stereocenters. The number of hydrogen-bond donors (Lipinski definition) is 1. The second-order valence-electron chi connectivity index (χ2n) is 5.38. The van der Waals surface area contributed by atoms with Crippen LogP contribution in [0, 0.1) is 11.8 Å². The summed E-state index contributed by atoms with van der Waals surface area (Å²) < 4.78 is 0. The summed E-state index contributed by atoms with van der Waals surface area (Å²) in [6, 6.07) is 0. The third-order valence-electron chi connectivity index (χ3n) is 4.17. The lowest BCUT2D eigenvalue weighted by Crippen LogP contribution is -2.15. The maximum atomic E-state index is 3.42. The molecule has 0 fully saturated rings. The zero-order valence-electron chi connectivity index (χ0n) is 12.7. The Bertz CT molecular complexity index is 140. The Kier molecular flexibility index (Phi) is 12.4. The highest BCUT2D eigenvalue weighted by Gasteiger charge is 2.08. The van der Waals surface area contributed by atoms with Crippen molar-refractivity contribution >= 4 is 0 Å². The van der Waals surface area contributed by atoms with E-state index in [-0.39, 0.29) is 0 Å². The van der Waals surface area contributed by atoms with Crippen LogP contribution in [0.1, 0.15) is 79.1 Å². The topological polar surface area (TPSA) is 12.0 Å². The molecule has 0 aromatic rings. The van der Waals surface area contributed by atoms with Gasteiger partial charge in [-0.15, -0.1) is 0 Å². The molecule has 104 valence electrons. The minimum Gasteiger partial charge on any atom is -0.317 e. The van der Waals surface area contributed by atoms with E-state index in [9.17, 15) is 0 Å². The summed E-state index contributed by atoms with van der Waals surface area (Å²) in [7, 11) is 0. The molecule has 0 bridgehead atoms. The van der Waals surface area contributed by atoms with Gasteiger partial charge in [-0.2, -0.15) is 0 Å². The van der Waals surface area contributed by atoms with E-state index < -0.39 is 0 Å². The monoisotopic (exact) mass is 241 g/mol. The fourth-order valence-corrected chi connectivity index (χ4v) is 2.64. The molecule has 17 heavy (non-hydrogen) atoms. The Morgan fingerprint density at radius 2 is 1.24 bits per heavy atom. The summed E-state index contributed by atoms with van der Waals surface area (Å²) in [6.45, 7) is 11.5. The number of hydrogen-bond acceptors (Lipinski definition) is 1. The van der Waals surface area contributed by atoms with Gasteiger partial charge in [-0.05, 0) is 37.8 Å². The van der Waals surface area contributed by atoms with E-state index in [1.165, 1.54) is 57.9 Å². The van der Waals surface area contributed by atoms with Gasteiger partial charge in [-0.3, -0.25) is 0 Å². The van der Waals surface area contributed by atoms with Gasteiger partial charge >= 0.3 is 0 Å². The van der Waals surface area contributed by atoms with E-state index in [2.05, 4.69) is 33.0 Å². The van der Waals surface area contributed by atoms with Gasteiger partial charge < -0.3 is 5.32 Å². The van der Waals surface area contributed by atoms with E-state index in [1.807, 2.05) is 0 Å². The first-order chi connectivity index (χ1) is 8.28. The molecular formula is C16H35N. The molecule has 0 aliphatic carbocycles. The average Bonchev–Trinajstić information content (AvgIpc) is 2.37. The summed E-state index contributed by atoms with van der Waals surface area (Å²) in [5, 5.41) is 3.42. The van der Waals surface area contributed by atoms with Crippen LogP contribution in [0.3, 0.4) is 0 Å². The molecule has 0 aromatic heterocycles. The predicted octanol–water partition coefficient (Wildman–Crippen LogP) is 5.01. The molecule has 0 heterocycles. The first kappa shape index (κ1) is 17.0. The van der Waals surface area contributed by atoms with Crippen LogP contribution in [0.5, 0.6) is 0 Å². The second-order valence-corrected chi connectivity index (χ2v) is 5.38. The molecule has 0 aromatic carbocycles. The van der Waals surface area contributed by atoms with Crippen LogP contribution in [0.4, 0.5) is 0 Å². The number of rotatable bonds is 12. The third kappa shape index (κ3) is 9.64. The highest BCUT2D eigenvalue weighted by atomic mass is 14.8. The van der Waals surface area contributed by atoms with Gasteiger partial charge in [0.05, 0.1) is 0 Å². The quantitative estimate of drug-likeness (QED) is 0.474. The maximum Gasteiger partial charge on any atom is -0.00489 e. The van der Waals surface area contributed by atoms with Crippen molar-refractivity contribution in [3.63, 3.8) is 0 Å². The zero-order chi connectivity index (χ0) is 12.9. The predicted molar refractivity (Wildman–Crippen MR) is 79.5 cm³/mol. The van der Waals surface area contributed by atoms with E-state index in [4.69, 9.17) is 0 Å². The van der Waals surface area contributed by atoms with Crippen LogP contribution in [-0.4, -0.2) is 13.1 Å². The lowest BCUT2D eigenvalue weighted by atomic mass is 9.90. The van der Waals surface area contributed by atoms with Crippen LogP contribution in [0.25, 0.3) is 0 Å². The normalized spacial score (nSPS) is 13.2. The summed E-state index contributed by atoms with van der Waals surface area (Å²) in [6.07, 6.45) is 11.3. The molecular weight excluding hydrogens is 206 g/mol. The van der Waals surface area contributed by atoms with Crippen molar-refractivity contribution in [2.24, 2.45) is 11.8 Å². The van der Waals surface area contributed by atoms with Gasteiger partial charge in [0.2, 0.25) is 0 Å². The van der Waals surface area contributed by atoms with Crippen LogP contribution >= 0.6 is 0 Å². The van der Waals surface area contributed by atoms with E-state index in [0.717, 1.165) is 18.4 Å². The van der Waals surface area contributed by atoms with Gasteiger partial charge in [0.15, 0.2) is 0 Å². The van der Waals surface area contributed by atoms with Crippen molar-refractivity contribution in [2.75, 3.05) is 13.1 Å². The largest absolute Gasteiger partial charge is 0.317 e. The lowest BCUT2D eigenvalue weighted by Gasteiger charge is -2.17. The van der Waals surface area contributed by atoms with Crippen LogP contribution in [0.15, 0.2) is 0 Å². The molecule has 0 saturated heterocycles. The molecule has 1 heteroatoms. The molecule has 0 aliphatic heterocycles. The SMILES string of the molecule is CCNCCCC(CC)CCCC(CC)CC. The van der Waals surface area contributed by atoms with Crippen molar-refractivity contribution in [3.05, 3.63) is 0 Å². The zero-order valence-corrected chi connectivity index (χ0v) is 12.7. The standard InChI is InChI=1S/C16H35N/c1-5-15(6-2)11-9-12-16(7-3)13-10-14-17-8-4/h15-17H,5-14H2,1-4H3. The van der Waals surface area contributed by atoms with Crippen molar-refractivity contribution < 1.29 is 0 Å². The Balaban J connectivity index is 3.53. The van der Waals surface area contributed by atoms with Crippen molar-refractivity contribution in [1.82, 2.24) is 5.32 Å². The smallest absolute Gasteiger partial charge is 0.00489 e. The van der Waals surface area contributed by atoms with Gasteiger partial charge in [0, 0.05) is 0 Å². The summed E-state index contributed by atoms with van der Waals surface area (Å²) in [5.74, 6) is 1.96. The summed E-state index contributed by atoms with van der Waals surface area (Å²) in [4.78, 5) is 0. The first-order valence-corrected chi connectivity index (χ1v) is 7.99. The van der Waals surface area contributed by atoms with E-state index in [0.29, 0.717) is 0 Å². The lowest BCUT2D eigenvalue weighted by molar-refractivity contribution is 0.365. The Morgan fingerprint density at radius 3 is 1.76 bits per heavy atom. The molecule has 0 rings (SSSR count). The molecule has 0 radical (unpaired) electrons. The molecule has 0 spiro atoms. The highest BCUT2D eigenvalue weighted by molar-refractivity contribution is 4.62. The van der Waals surface area contributed by atoms with Crippen LogP contribution < -0.4 is 5.32 Å². The molecule has 1 atom stereocenters. The molecule has 0 saturated carbocycles. The average molecular weight is 241 g/mol. The minimum absolute atomic E-state index is 0.975. The third-order valence-corrected chi connectivity index (χ3v) is 4.17. The first-order valence-electron chi connectivity index (χ1n) is 7.99. The summed E-state index contributed by atoms with van der Waals surface area (Å²) >= 11 is 0. The molecule has 0 amide bonds. The molecule has 0 aliphatic rings. The second kappa shape index (κ2) is 12.4. The minimum atomic E-state index is 0.975. The Morgan fingerprint density at radius 1 is 0.706 bits per heavy atom. The van der Waals surface area contributed by atoms with Crippen LogP contribution in [0.2, 0.25) is 0 Å². The van der Waals surface area contributed by atoms with Gasteiger partial charge in [0.1, 0.15) is 0 Å². The fraction of sp³-hybridized carbons (Fsp3) is 1.00. The Labute approximate surface area is 110 Å². The van der Waals surface area contributed by atoms with Gasteiger partial charge in [-0.1, -0.05) is 66.2 Å². The number of nitrogens with one attached hydrogen (secondary N) is 1. The van der Waals surface area contributed by atoms with Gasteiger partial charge in [0.25, 0.3) is 0 Å². The maximum absolute atomic E-state index is 3.42. The Hall–Kier alpha value is -0.0400. The van der Waals surface area contributed by atoms with E-state index >= 15 is 0 Å². The molecule has 1 nitrogen and oxygen atoms in total. The highest BCUT2D eigenvalue weighted by Crippen LogP contribution is 2.22.